The van der Waals surface area contributed by atoms with Crippen LogP contribution in [0.15, 0.2) is 22.7 Å². The lowest BCUT2D eigenvalue weighted by atomic mass is 10.2. The summed E-state index contributed by atoms with van der Waals surface area (Å²) in [6.07, 6.45) is 0. The molecular weight excluding hydrogens is 270 g/mol. The van der Waals surface area contributed by atoms with Crippen LogP contribution in [-0.4, -0.2) is 38.0 Å². The van der Waals surface area contributed by atoms with Gasteiger partial charge in [-0.3, -0.25) is 5.41 Å². The van der Waals surface area contributed by atoms with Gasteiger partial charge in [0.25, 0.3) is 0 Å². The van der Waals surface area contributed by atoms with Gasteiger partial charge in [-0.25, -0.2) is 0 Å². The maximum absolute atomic E-state index is 7.44. The number of benzene rings is 1. The van der Waals surface area contributed by atoms with E-state index in [0.717, 1.165) is 11.0 Å². The maximum Gasteiger partial charge on any atom is 0.131 e. The van der Waals surface area contributed by atoms with Gasteiger partial charge in [0.1, 0.15) is 18.2 Å². The molecule has 0 saturated heterocycles. The number of nitrogens with zero attached hydrogens (tertiary/aromatic N) is 1. The van der Waals surface area contributed by atoms with Crippen LogP contribution in [0.5, 0.6) is 5.75 Å². The minimum Gasteiger partial charge on any atom is -0.491 e. The van der Waals surface area contributed by atoms with Crippen LogP contribution in [0.2, 0.25) is 0 Å². The summed E-state index contributed by atoms with van der Waals surface area (Å²) >= 11 is 3.36. The Morgan fingerprint density at radius 1 is 1.50 bits per heavy atom. The SMILES string of the molecule is CN(C)CCOc1cc(Br)ccc1C(=N)N. The van der Waals surface area contributed by atoms with Crippen molar-refractivity contribution < 1.29 is 4.74 Å². The molecule has 1 aromatic rings. The van der Waals surface area contributed by atoms with E-state index in [-0.39, 0.29) is 5.84 Å². The first kappa shape index (κ1) is 13.0. The Morgan fingerprint density at radius 3 is 2.75 bits per heavy atom. The highest BCUT2D eigenvalue weighted by atomic mass is 79.9. The van der Waals surface area contributed by atoms with Crippen molar-refractivity contribution in [3.8, 4) is 5.75 Å². The summed E-state index contributed by atoms with van der Waals surface area (Å²) in [5.74, 6) is 0.663. The van der Waals surface area contributed by atoms with Crippen LogP contribution in [-0.2, 0) is 0 Å². The van der Waals surface area contributed by atoms with E-state index in [0.29, 0.717) is 17.9 Å². The third-order valence-electron chi connectivity index (χ3n) is 2.03. The zero-order valence-electron chi connectivity index (χ0n) is 9.46. The second kappa shape index (κ2) is 5.86. The first-order valence-corrected chi connectivity index (χ1v) is 5.71. The minimum absolute atomic E-state index is 0.0207. The summed E-state index contributed by atoms with van der Waals surface area (Å²) in [5, 5.41) is 7.44. The monoisotopic (exact) mass is 285 g/mol. The molecule has 0 heterocycles. The number of nitrogens with two attached hydrogens (primary N) is 1. The molecule has 0 bridgehead atoms. The van der Waals surface area contributed by atoms with Crippen molar-refractivity contribution in [2.45, 2.75) is 0 Å². The number of likely N-dealkylation sites (N-methyl/N-ethyl adjacent to an activating group) is 1. The van der Waals surface area contributed by atoms with Crippen LogP contribution in [0.25, 0.3) is 0 Å². The first-order chi connectivity index (χ1) is 7.50. The molecule has 0 saturated carbocycles. The zero-order valence-corrected chi connectivity index (χ0v) is 11.0. The third-order valence-corrected chi connectivity index (χ3v) is 2.52. The van der Waals surface area contributed by atoms with Gasteiger partial charge in [-0.2, -0.15) is 0 Å². The molecule has 3 N–H and O–H groups in total. The smallest absolute Gasteiger partial charge is 0.131 e. The standard InChI is InChI=1S/C11H16BrN3O/c1-15(2)5-6-16-10-7-8(12)3-4-9(10)11(13)14/h3-4,7H,5-6H2,1-2H3,(H3,13,14). The fourth-order valence-electron chi connectivity index (χ4n) is 1.18. The van der Waals surface area contributed by atoms with Gasteiger partial charge in [0.2, 0.25) is 0 Å². The minimum atomic E-state index is 0.0207. The molecule has 16 heavy (non-hydrogen) atoms. The number of hydrogen-bond donors (Lipinski definition) is 2. The topological polar surface area (TPSA) is 62.3 Å². The van der Waals surface area contributed by atoms with Gasteiger partial charge in [-0.1, -0.05) is 15.9 Å². The fraction of sp³-hybridized carbons (Fsp3) is 0.364. The van der Waals surface area contributed by atoms with Crippen molar-refractivity contribution in [3.05, 3.63) is 28.2 Å². The van der Waals surface area contributed by atoms with Gasteiger partial charge in [-0.15, -0.1) is 0 Å². The predicted molar refractivity (Wildman–Crippen MR) is 69.2 cm³/mol. The number of nitrogen functional groups attached to an aromatic ring is 1. The van der Waals surface area contributed by atoms with Gasteiger partial charge in [0, 0.05) is 11.0 Å². The molecule has 0 aliphatic rings. The number of halogens is 1. The predicted octanol–water partition coefficient (Wildman–Crippen LogP) is 1.67. The number of amidine groups is 1. The maximum atomic E-state index is 7.44. The van der Waals surface area contributed by atoms with E-state index in [1.807, 2.05) is 31.1 Å². The van der Waals surface area contributed by atoms with Gasteiger partial charge < -0.3 is 15.4 Å². The van der Waals surface area contributed by atoms with Crippen LogP contribution < -0.4 is 10.5 Å². The number of rotatable bonds is 5. The van der Waals surface area contributed by atoms with Crippen molar-refractivity contribution in [1.82, 2.24) is 4.90 Å². The summed E-state index contributed by atoms with van der Waals surface area (Å²) in [5.41, 5.74) is 6.10. The lowest BCUT2D eigenvalue weighted by Crippen LogP contribution is -2.20. The lowest BCUT2D eigenvalue weighted by Gasteiger charge is -2.13. The molecule has 0 unspecified atom stereocenters. The average Bonchev–Trinajstić information content (AvgIpc) is 2.16. The van der Waals surface area contributed by atoms with Crippen molar-refractivity contribution >= 4 is 21.8 Å². The number of ether oxygens (including phenoxy) is 1. The van der Waals surface area contributed by atoms with Crippen molar-refractivity contribution in [2.75, 3.05) is 27.2 Å². The highest BCUT2D eigenvalue weighted by molar-refractivity contribution is 9.10. The summed E-state index contributed by atoms with van der Waals surface area (Å²) in [4.78, 5) is 2.03. The molecule has 1 aromatic carbocycles. The van der Waals surface area contributed by atoms with E-state index in [1.165, 1.54) is 0 Å². The Labute approximate surface area is 104 Å². The molecule has 0 fully saturated rings. The number of nitrogens with one attached hydrogen (secondary N) is 1. The Morgan fingerprint density at radius 2 is 2.19 bits per heavy atom. The summed E-state index contributed by atoms with van der Waals surface area (Å²) < 4.78 is 6.51. The second-order valence-electron chi connectivity index (χ2n) is 3.71. The lowest BCUT2D eigenvalue weighted by molar-refractivity contribution is 0.261. The van der Waals surface area contributed by atoms with E-state index in [2.05, 4.69) is 15.9 Å². The summed E-state index contributed by atoms with van der Waals surface area (Å²) in [7, 11) is 3.96. The highest BCUT2D eigenvalue weighted by Gasteiger charge is 2.07. The average molecular weight is 286 g/mol. The third kappa shape index (κ3) is 3.83. The molecular formula is C11H16BrN3O. The van der Waals surface area contributed by atoms with Crippen molar-refractivity contribution in [2.24, 2.45) is 5.73 Å². The molecule has 5 heteroatoms. The van der Waals surface area contributed by atoms with Crippen molar-refractivity contribution in [3.63, 3.8) is 0 Å². The Balaban J connectivity index is 2.76. The Kier molecular flexibility index (Phi) is 4.76. The van der Waals surface area contributed by atoms with Gasteiger partial charge in [-0.05, 0) is 32.3 Å². The van der Waals surface area contributed by atoms with Gasteiger partial charge >= 0.3 is 0 Å². The van der Waals surface area contributed by atoms with E-state index in [9.17, 15) is 0 Å². The molecule has 0 amide bonds. The highest BCUT2D eigenvalue weighted by Crippen LogP contribution is 2.23. The van der Waals surface area contributed by atoms with Crippen LogP contribution in [0.4, 0.5) is 0 Å². The van der Waals surface area contributed by atoms with E-state index in [4.69, 9.17) is 15.9 Å². The van der Waals surface area contributed by atoms with Crippen LogP contribution >= 0.6 is 15.9 Å². The summed E-state index contributed by atoms with van der Waals surface area (Å²) in [6.45, 7) is 1.40. The van der Waals surface area contributed by atoms with Gasteiger partial charge in [0.05, 0.1) is 5.56 Å². The van der Waals surface area contributed by atoms with Gasteiger partial charge in [0.15, 0.2) is 0 Å². The number of hydrogen-bond acceptors (Lipinski definition) is 3. The van der Waals surface area contributed by atoms with Crippen molar-refractivity contribution in [1.29, 1.82) is 5.41 Å². The molecule has 0 radical (unpaired) electrons. The van der Waals surface area contributed by atoms with E-state index < -0.39 is 0 Å². The molecule has 0 aliphatic carbocycles. The molecule has 88 valence electrons. The summed E-state index contributed by atoms with van der Waals surface area (Å²) in [6, 6.07) is 5.44. The van der Waals surface area contributed by atoms with Crippen LogP contribution in [0.3, 0.4) is 0 Å². The largest absolute Gasteiger partial charge is 0.491 e. The zero-order chi connectivity index (χ0) is 12.1. The first-order valence-electron chi connectivity index (χ1n) is 4.92. The molecule has 4 nitrogen and oxygen atoms in total. The molecule has 0 atom stereocenters. The Hall–Kier alpha value is -1.07. The van der Waals surface area contributed by atoms with E-state index in [1.54, 1.807) is 6.07 Å². The van der Waals surface area contributed by atoms with Crippen LogP contribution in [0, 0.1) is 5.41 Å². The van der Waals surface area contributed by atoms with E-state index >= 15 is 0 Å². The molecule has 0 aliphatic heterocycles. The molecule has 0 spiro atoms. The fourth-order valence-corrected chi connectivity index (χ4v) is 1.52. The molecule has 1 rings (SSSR count). The normalized spacial score (nSPS) is 10.5. The molecule has 0 aromatic heterocycles. The second-order valence-corrected chi connectivity index (χ2v) is 4.62. The Bertz CT molecular complexity index is 379. The quantitative estimate of drug-likeness (QED) is 0.639. The van der Waals surface area contributed by atoms with Crippen LogP contribution in [0.1, 0.15) is 5.56 Å².